The number of pyridine rings is 1. The Morgan fingerprint density at radius 3 is 2.67 bits per heavy atom. The highest BCUT2D eigenvalue weighted by Gasteiger charge is 2.02. The molecule has 0 aliphatic rings. The number of hydrogen-bond acceptors (Lipinski definition) is 3. The Morgan fingerprint density at radius 2 is 2.06 bits per heavy atom. The second kappa shape index (κ2) is 4.80. The van der Waals surface area contributed by atoms with E-state index in [2.05, 4.69) is 11.4 Å². The zero-order valence-corrected chi connectivity index (χ0v) is 10.3. The van der Waals surface area contributed by atoms with Gasteiger partial charge in [0.15, 0.2) is 0 Å². The fourth-order valence-electron chi connectivity index (χ4n) is 1.74. The molecule has 18 heavy (non-hydrogen) atoms. The van der Waals surface area contributed by atoms with Crippen molar-refractivity contribution in [1.82, 2.24) is 9.13 Å². The van der Waals surface area contributed by atoms with E-state index in [1.54, 1.807) is 23.9 Å². The molecule has 0 fully saturated rings. The van der Waals surface area contributed by atoms with Crippen molar-refractivity contribution in [2.75, 3.05) is 5.32 Å². The van der Waals surface area contributed by atoms with Crippen molar-refractivity contribution in [2.45, 2.75) is 6.54 Å². The second-order valence-electron chi connectivity index (χ2n) is 4.18. The van der Waals surface area contributed by atoms with Gasteiger partial charge in [-0.25, -0.2) is 0 Å². The summed E-state index contributed by atoms with van der Waals surface area (Å²) in [6.07, 6.45) is 3.66. The molecule has 2 heterocycles. The third kappa shape index (κ3) is 2.43. The lowest BCUT2D eigenvalue weighted by molar-refractivity contribution is 0.859. The van der Waals surface area contributed by atoms with Crippen LogP contribution in [0.3, 0.4) is 0 Å². The van der Waals surface area contributed by atoms with Crippen LogP contribution in [0.5, 0.6) is 0 Å². The van der Waals surface area contributed by atoms with Crippen molar-refractivity contribution in [1.29, 1.82) is 5.26 Å². The molecule has 0 aliphatic heterocycles. The van der Waals surface area contributed by atoms with E-state index in [1.165, 1.54) is 10.6 Å². The minimum Gasteiger partial charge on any atom is -0.380 e. The number of aryl methyl sites for hydroxylation is 2. The highest BCUT2D eigenvalue weighted by atomic mass is 16.1. The van der Waals surface area contributed by atoms with Gasteiger partial charge in [-0.2, -0.15) is 5.26 Å². The number of hydrogen-bond donors (Lipinski definition) is 1. The Hall–Kier alpha value is -2.48. The Balaban J connectivity index is 2.09. The Labute approximate surface area is 105 Å². The van der Waals surface area contributed by atoms with Gasteiger partial charge >= 0.3 is 0 Å². The van der Waals surface area contributed by atoms with Crippen LogP contribution in [0.4, 0.5) is 5.69 Å². The molecule has 2 rings (SSSR count). The summed E-state index contributed by atoms with van der Waals surface area (Å²) in [4.78, 5) is 11.2. The predicted octanol–water partition coefficient (Wildman–Crippen LogP) is 1.21. The third-order valence-electron chi connectivity index (χ3n) is 2.76. The molecule has 2 aromatic heterocycles. The van der Waals surface area contributed by atoms with Crippen molar-refractivity contribution >= 4 is 5.69 Å². The van der Waals surface area contributed by atoms with Gasteiger partial charge in [-0.05, 0) is 17.7 Å². The van der Waals surface area contributed by atoms with Crippen LogP contribution < -0.4 is 10.9 Å². The van der Waals surface area contributed by atoms with E-state index in [0.717, 1.165) is 11.3 Å². The van der Waals surface area contributed by atoms with Gasteiger partial charge in [0.1, 0.15) is 11.8 Å². The first-order chi connectivity index (χ1) is 8.60. The minimum absolute atomic E-state index is 0.0352. The monoisotopic (exact) mass is 242 g/mol. The number of anilines is 1. The van der Waals surface area contributed by atoms with Crippen molar-refractivity contribution in [2.24, 2.45) is 14.1 Å². The number of nitriles is 1. The first kappa shape index (κ1) is 12.0. The van der Waals surface area contributed by atoms with E-state index in [9.17, 15) is 4.79 Å². The van der Waals surface area contributed by atoms with Gasteiger partial charge in [0.05, 0.1) is 5.69 Å². The van der Waals surface area contributed by atoms with Crippen LogP contribution in [0.25, 0.3) is 0 Å². The molecule has 0 saturated carbocycles. The molecule has 92 valence electrons. The topological polar surface area (TPSA) is 62.8 Å². The SMILES string of the molecule is Cn1cc(CNc2ccc(=O)n(C)c2)cc1C#N. The van der Waals surface area contributed by atoms with Gasteiger partial charge in [0.2, 0.25) is 5.56 Å². The van der Waals surface area contributed by atoms with Crippen LogP contribution in [-0.2, 0) is 20.6 Å². The van der Waals surface area contributed by atoms with Crippen LogP contribution in [0.15, 0.2) is 35.4 Å². The van der Waals surface area contributed by atoms with Gasteiger partial charge in [-0.1, -0.05) is 0 Å². The second-order valence-corrected chi connectivity index (χ2v) is 4.18. The number of nitrogens with zero attached hydrogens (tertiary/aromatic N) is 3. The van der Waals surface area contributed by atoms with E-state index < -0.39 is 0 Å². The Bertz CT molecular complexity index is 660. The zero-order chi connectivity index (χ0) is 13.1. The molecule has 5 heteroatoms. The molecule has 0 aromatic carbocycles. The normalized spacial score (nSPS) is 10.1. The fourth-order valence-corrected chi connectivity index (χ4v) is 1.74. The molecule has 0 aliphatic carbocycles. The standard InChI is InChI=1S/C13H14N4O/c1-16-8-10(5-12(16)6-14)7-15-11-3-4-13(18)17(2)9-11/h3-5,8-9,15H,7H2,1-2H3. The lowest BCUT2D eigenvalue weighted by Crippen LogP contribution is -2.15. The molecular weight excluding hydrogens is 228 g/mol. The van der Waals surface area contributed by atoms with Crippen LogP contribution in [0.2, 0.25) is 0 Å². The lowest BCUT2D eigenvalue weighted by Gasteiger charge is -2.06. The summed E-state index contributed by atoms with van der Waals surface area (Å²) < 4.78 is 3.31. The molecule has 0 bridgehead atoms. The minimum atomic E-state index is -0.0352. The first-order valence-corrected chi connectivity index (χ1v) is 5.56. The highest BCUT2D eigenvalue weighted by Crippen LogP contribution is 2.09. The summed E-state index contributed by atoms with van der Waals surface area (Å²) in [5, 5.41) is 12.1. The average Bonchev–Trinajstić information content (AvgIpc) is 2.71. The van der Waals surface area contributed by atoms with E-state index in [0.29, 0.717) is 12.2 Å². The highest BCUT2D eigenvalue weighted by molar-refractivity contribution is 5.41. The van der Waals surface area contributed by atoms with Gasteiger partial charge in [0.25, 0.3) is 0 Å². The van der Waals surface area contributed by atoms with Crippen molar-refractivity contribution < 1.29 is 0 Å². The van der Waals surface area contributed by atoms with Crippen molar-refractivity contribution in [3.63, 3.8) is 0 Å². The largest absolute Gasteiger partial charge is 0.380 e. The summed E-state index contributed by atoms with van der Waals surface area (Å²) in [6, 6.07) is 7.23. The molecular formula is C13H14N4O. The van der Waals surface area contributed by atoms with Crippen molar-refractivity contribution in [3.8, 4) is 6.07 Å². The van der Waals surface area contributed by atoms with E-state index in [1.807, 2.05) is 19.3 Å². The molecule has 2 aromatic rings. The summed E-state index contributed by atoms with van der Waals surface area (Å²) in [5.41, 5.74) is 2.50. The number of rotatable bonds is 3. The van der Waals surface area contributed by atoms with Crippen LogP contribution in [0.1, 0.15) is 11.3 Å². The molecule has 0 spiro atoms. The van der Waals surface area contributed by atoms with Crippen molar-refractivity contribution in [3.05, 3.63) is 52.2 Å². The Kier molecular flexibility index (Phi) is 3.20. The molecule has 0 amide bonds. The van der Waals surface area contributed by atoms with Gasteiger partial charge in [-0.3, -0.25) is 4.79 Å². The van der Waals surface area contributed by atoms with E-state index >= 15 is 0 Å². The molecule has 5 nitrogen and oxygen atoms in total. The van der Waals surface area contributed by atoms with Gasteiger partial charge < -0.3 is 14.5 Å². The molecule has 0 unspecified atom stereocenters. The lowest BCUT2D eigenvalue weighted by atomic mass is 10.3. The van der Waals surface area contributed by atoms with Crippen LogP contribution >= 0.6 is 0 Å². The summed E-state index contributed by atoms with van der Waals surface area (Å²) >= 11 is 0. The molecule has 0 atom stereocenters. The maximum atomic E-state index is 11.2. The number of nitrogens with one attached hydrogen (secondary N) is 1. The fraction of sp³-hybridized carbons (Fsp3) is 0.231. The average molecular weight is 242 g/mol. The number of aromatic nitrogens is 2. The molecule has 0 radical (unpaired) electrons. The quantitative estimate of drug-likeness (QED) is 0.879. The summed E-state index contributed by atoms with van der Waals surface area (Å²) in [7, 11) is 3.55. The summed E-state index contributed by atoms with van der Waals surface area (Å²) in [6.45, 7) is 0.619. The predicted molar refractivity (Wildman–Crippen MR) is 69.1 cm³/mol. The van der Waals surface area contributed by atoms with Crippen LogP contribution in [-0.4, -0.2) is 9.13 Å². The molecule has 1 N–H and O–H groups in total. The third-order valence-corrected chi connectivity index (χ3v) is 2.76. The Morgan fingerprint density at radius 1 is 1.28 bits per heavy atom. The smallest absolute Gasteiger partial charge is 0.250 e. The first-order valence-electron chi connectivity index (χ1n) is 5.56. The maximum absolute atomic E-state index is 11.2. The molecule has 0 saturated heterocycles. The van der Waals surface area contributed by atoms with E-state index in [4.69, 9.17) is 5.26 Å². The summed E-state index contributed by atoms with van der Waals surface area (Å²) in [5.74, 6) is 0. The van der Waals surface area contributed by atoms with E-state index in [-0.39, 0.29) is 5.56 Å². The zero-order valence-electron chi connectivity index (χ0n) is 10.3. The van der Waals surface area contributed by atoms with Crippen LogP contribution in [0, 0.1) is 11.3 Å². The maximum Gasteiger partial charge on any atom is 0.250 e. The van der Waals surface area contributed by atoms with Gasteiger partial charge in [-0.15, -0.1) is 0 Å². The van der Waals surface area contributed by atoms with Gasteiger partial charge in [0, 0.05) is 39.1 Å².